The molecule has 0 radical (unpaired) electrons. The van der Waals surface area contributed by atoms with Gasteiger partial charge >= 0.3 is 0 Å². The van der Waals surface area contributed by atoms with Gasteiger partial charge in [-0.3, -0.25) is 9.59 Å². The largest absolute Gasteiger partial charge is 0.366 e. The van der Waals surface area contributed by atoms with Gasteiger partial charge in [0.05, 0.1) is 5.69 Å². The first-order chi connectivity index (χ1) is 14.0. The molecule has 0 saturated carbocycles. The predicted molar refractivity (Wildman–Crippen MR) is 115 cm³/mol. The maximum atomic E-state index is 14.0. The summed E-state index contributed by atoms with van der Waals surface area (Å²) in [6, 6.07) is 12.5. The lowest BCUT2D eigenvalue weighted by atomic mass is 10.1. The Morgan fingerprint density at radius 3 is 2.45 bits per heavy atom. The molecule has 7 heteroatoms. The van der Waals surface area contributed by atoms with Crippen LogP contribution in [0.25, 0.3) is 0 Å². The number of para-hydroxylation sites is 1. The number of carbonyl (C=O) groups excluding carboxylic acids is 2. The highest BCUT2D eigenvalue weighted by atomic mass is 79.9. The Bertz CT molecular complexity index is 943. The summed E-state index contributed by atoms with van der Waals surface area (Å²) in [5.74, 6) is -1.12. The molecular formula is C22H23BrFN3O2. The Kier molecular flexibility index (Phi) is 5.58. The number of anilines is 2. The third-order valence-corrected chi connectivity index (χ3v) is 6.23. The first-order valence-corrected chi connectivity index (χ1v) is 10.6. The Morgan fingerprint density at radius 1 is 1.03 bits per heavy atom. The van der Waals surface area contributed by atoms with Crippen molar-refractivity contribution in [1.29, 1.82) is 0 Å². The molecule has 2 aromatic rings. The van der Waals surface area contributed by atoms with E-state index in [0.717, 1.165) is 15.7 Å². The highest BCUT2D eigenvalue weighted by Crippen LogP contribution is 2.31. The molecule has 152 valence electrons. The molecule has 0 N–H and O–H groups in total. The van der Waals surface area contributed by atoms with E-state index in [9.17, 15) is 14.0 Å². The Hall–Kier alpha value is -2.41. The Morgan fingerprint density at radius 2 is 1.76 bits per heavy atom. The van der Waals surface area contributed by atoms with Gasteiger partial charge in [-0.25, -0.2) is 4.39 Å². The second-order valence-corrected chi connectivity index (χ2v) is 8.44. The van der Waals surface area contributed by atoms with Crippen molar-refractivity contribution in [2.75, 3.05) is 42.5 Å². The monoisotopic (exact) mass is 459 g/mol. The van der Waals surface area contributed by atoms with Gasteiger partial charge in [-0.2, -0.15) is 0 Å². The molecule has 2 aliphatic rings. The van der Waals surface area contributed by atoms with E-state index in [1.165, 1.54) is 6.07 Å². The van der Waals surface area contributed by atoms with Crippen LogP contribution in [0.4, 0.5) is 15.8 Å². The molecule has 0 aromatic heterocycles. The van der Waals surface area contributed by atoms with Crippen LogP contribution in [0.1, 0.15) is 12.0 Å². The zero-order chi connectivity index (χ0) is 20.5. The van der Waals surface area contributed by atoms with E-state index in [1.807, 2.05) is 36.1 Å². The SMILES string of the molecule is Cc1cc(Br)ccc1N1CC[C@@H](C(=O)N2CCN(c3ccccc3F)CC2)C1=O. The number of benzene rings is 2. The van der Waals surface area contributed by atoms with Gasteiger partial charge in [0, 0.05) is 42.9 Å². The molecule has 5 nitrogen and oxygen atoms in total. The van der Waals surface area contributed by atoms with Crippen LogP contribution in [0.5, 0.6) is 0 Å². The van der Waals surface area contributed by atoms with Crippen LogP contribution < -0.4 is 9.80 Å². The number of carbonyl (C=O) groups is 2. The van der Waals surface area contributed by atoms with E-state index in [-0.39, 0.29) is 17.6 Å². The summed E-state index contributed by atoms with van der Waals surface area (Å²) in [4.78, 5) is 31.4. The number of halogens is 2. The molecule has 2 saturated heterocycles. The van der Waals surface area contributed by atoms with Crippen LogP contribution in [0.15, 0.2) is 46.9 Å². The molecule has 2 heterocycles. The average Bonchev–Trinajstić information content (AvgIpc) is 3.09. The van der Waals surface area contributed by atoms with Gasteiger partial charge in [0.15, 0.2) is 0 Å². The Labute approximate surface area is 178 Å². The molecule has 0 unspecified atom stereocenters. The number of amides is 2. The number of hydrogen-bond donors (Lipinski definition) is 0. The summed E-state index contributed by atoms with van der Waals surface area (Å²) < 4.78 is 15.0. The van der Waals surface area contributed by atoms with E-state index in [0.29, 0.717) is 44.8 Å². The van der Waals surface area contributed by atoms with Gasteiger partial charge in [0.25, 0.3) is 0 Å². The second-order valence-electron chi connectivity index (χ2n) is 7.53. The minimum Gasteiger partial charge on any atom is -0.366 e. The summed E-state index contributed by atoms with van der Waals surface area (Å²) in [7, 11) is 0. The molecule has 2 aliphatic heterocycles. The number of hydrogen-bond acceptors (Lipinski definition) is 3. The molecule has 1 atom stereocenters. The first kappa shape index (κ1) is 19.9. The number of aryl methyl sites for hydroxylation is 1. The minimum atomic E-state index is -0.627. The molecule has 29 heavy (non-hydrogen) atoms. The van der Waals surface area contributed by atoms with Crippen molar-refractivity contribution in [3.8, 4) is 0 Å². The molecule has 4 rings (SSSR count). The lowest BCUT2D eigenvalue weighted by molar-refractivity contribution is -0.140. The summed E-state index contributed by atoms with van der Waals surface area (Å²) in [6.07, 6.45) is 0.528. The fourth-order valence-electron chi connectivity index (χ4n) is 4.17. The summed E-state index contributed by atoms with van der Waals surface area (Å²) >= 11 is 3.44. The molecule has 0 bridgehead atoms. The summed E-state index contributed by atoms with van der Waals surface area (Å²) in [6.45, 7) is 4.62. The zero-order valence-corrected chi connectivity index (χ0v) is 17.9. The van der Waals surface area contributed by atoms with Crippen molar-refractivity contribution < 1.29 is 14.0 Å². The molecule has 2 fully saturated rings. The van der Waals surface area contributed by atoms with Gasteiger partial charge in [-0.1, -0.05) is 28.1 Å². The highest BCUT2D eigenvalue weighted by molar-refractivity contribution is 9.10. The van der Waals surface area contributed by atoms with Crippen LogP contribution in [0.3, 0.4) is 0 Å². The average molecular weight is 460 g/mol. The van der Waals surface area contributed by atoms with Crippen molar-refractivity contribution in [3.05, 3.63) is 58.3 Å². The molecular weight excluding hydrogens is 437 g/mol. The fourth-order valence-corrected chi connectivity index (χ4v) is 4.64. The maximum Gasteiger partial charge on any atom is 0.239 e. The van der Waals surface area contributed by atoms with Crippen LogP contribution in [-0.2, 0) is 9.59 Å². The molecule has 0 spiro atoms. The van der Waals surface area contributed by atoms with E-state index >= 15 is 0 Å². The molecule has 0 aliphatic carbocycles. The lowest BCUT2D eigenvalue weighted by Gasteiger charge is -2.37. The third-order valence-electron chi connectivity index (χ3n) is 5.74. The van der Waals surface area contributed by atoms with Crippen molar-refractivity contribution in [2.45, 2.75) is 13.3 Å². The van der Waals surface area contributed by atoms with E-state index in [2.05, 4.69) is 15.9 Å². The molecule has 2 amide bonds. The zero-order valence-electron chi connectivity index (χ0n) is 16.3. The first-order valence-electron chi connectivity index (χ1n) is 9.81. The smallest absolute Gasteiger partial charge is 0.239 e. The standard InChI is InChI=1S/C22H23BrFN3O2/c1-15-14-16(23)6-7-19(15)27-9-8-17(22(27)29)21(28)26-12-10-25(11-13-26)20-5-3-2-4-18(20)24/h2-7,14,17H,8-13H2,1H3/t17-/m0/s1. The summed E-state index contributed by atoms with van der Waals surface area (Å²) in [5, 5.41) is 0. The maximum absolute atomic E-state index is 14.0. The highest BCUT2D eigenvalue weighted by Gasteiger charge is 2.40. The predicted octanol–water partition coefficient (Wildman–Crippen LogP) is 3.60. The van der Waals surface area contributed by atoms with Gasteiger partial charge in [0.1, 0.15) is 11.7 Å². The van der Waals surface area contributed by atoms with Crippen molar-refractivity contribution in [1.82, 2.24) is 4.90 Å². The second kappa shape index (κ2) is 8.14. The van der Waals surface area contributed by atoms with Crippen LogP contribution in [0, 0.1) is 18.7 Å². The van der Waals surface area contributed by atoms with E-state index in [1.54, 1.807) is 21.9 Å². The molecule has 2 aromatic carbocycles. The third kappa shape index (κ3) is 3.88. The fraction of sp³-hybridized carbons (Fsp3) is 0.364. The van der Waals surface area contributed by atoms with Gasteiger partial charge in [-0.05, 0) is 49.2 Å². The van der Waals surface area contributed by atoms with E-state index in [4.69, 9.17) is 0 Å². The topological polar surface area (TPSA) is 43.9 Å². The number of rotatable bonds is 3. The van der Waals surface area contributed by atoms with Gasteiger partial charge in [-0.15, -0.1) is 0 Å². The van der Waals surface area contributed by atoms with Crippen LogP contribution in [0.2, 0.25) is 0 Å². The normalized spacial score (nSPS) is 19.8. The van der Waals surface area contributed by atoms with E-state index < -0.39 is 5.92 Å². The van der Waals surface area contributed by atoms with Crippen molar-refractivity contribution in [3.63, 3.8) is 0 Å². The lowest BCUT2D eigenvalue weighted by Crippen LogP contribution is -2.51. The summed E-state index contributed by atoms with van der Waals surface area (Å²) in [5.41, 5.74) is 2.42. The van der Waals surface area contributed by atoms with Gasteiger partial charge < -0.3 is 14.7 Å². The van der Waals surface area contributed by atoms with Crippen LogP contribution in [-0.4, -0.2) is 49.4 Å². The van der Waals surface area contributed by atoms with Gasteiger partial charge in [0.2, 0.25) is 11.8 Å². The quantitative estimate of drug-likeness (QED) is 0.658. The minimum absolute atomic E-state index is 0.111. The number of nitrogens with zero attached hydrogens (tertiary/aromatic N) is 3. The van der Waals surface area contributed by atoms with Crippen LogP contribution >= 0.6 is 15.9 Å². The van der Waals surface area contributed by atoms with Crippen molar-refractivity contribution >= 4 is 39.1 Å². The Balaban J connectivity index is 1.41. The van der Waals surface area contributed by atoms with Crippen molar-refractivity contribution in [2.24, 2.45) is 5.92 Å². The number of piperazine rings is 1.